The van der Waals surface area contributed by atoms with Gasteiger partial charge in [-0.2, -0.15) is 0 Å². The van der Waals surface area contributed by atoms with Crippen molar-refractivity contribution in [1.29, 1.82) is 0 Å². The number of thiophene rings is 1. The molecule has 1 heterocycles. The lowest BCUT2D eigenvalue weighted by atomic mass is 10.2. The second-order valence-corrected chi connectivity index (χ2v) is 6.06. The van der Waals surface area contributed by atoms with Gasteiger partial charge in [0.05, 0.1) is 0 Å². The van der Waals surface area contributed by atoms with Gasteiger partial charge >= 0.3 is 0 Å². The Labute approximate surface area is 117 Å². The first kappa shape index (κ1) is 13.6. The van der Waals surface area contributed by atoms with Gasteiger partial charge in [0.2, 0.25) is 0 Å². The lowest BCUT2D eigenvalue weighted by Crippen LogP contribution is -2.16. The first-order valence-corrected chi connectivity index (χ1v) is 7.07. The largest absolute Gasteiger partial charge is 0.326 e. The molecule has 0 spiro atoms. The number of nitrogens with zero attached hydrogens (tertiary/aromatic N) is 1. The Morgan fingerprint density at radius 2 is 1.94 bits per heavy atom. The van der Waals surface area contributed by atoms with Gasteiger partial charge in [-0.3, -0.25) is 4.90 Å². The lowest BCUT2D eigenvalue weighted by Gasteiger charge is -2.15. The normalized spacial score (nSPS) is 11.1. The van der Waals surface area contributed by atoms with E-state index in [-0.39, 0.29) is 0 Å². The predicted molar refractivity (Wildman–Crippen MR) is 78.8 cm³/mol. The Morgan fingerprint density at radius 3 is 2.61 bits per heavy atom. The summed E-state index contributed by atoms with van der Waals surface area (Å²) in [5.74, 6) is 0. The molecule has 0 aliphatic rings. The van der Waals surface area contributed by atoms with Gasteiger partial charge in [-0.05, 0) is 36.9 Å². The number of hydrogen-bond donors (Lipinski definition) is 1. The molecule has 0 saturated carbocycles. The molecule has 0 unspecified atom stereocenters. The molecule has 2 nitrogen and oxygen atoms in total. The van der Waals surface area contributed by atoms with E-state index in [2.05, 4.69) is 30.1 Å². The number of hydrogen-bond acceptors (Lipinski definition) is 3. The number of halogens is 1. The van der Waals surface area contributed by atoms with Crippen LogP contribution >= 0.6 is 22.9 Å². The van der Waals surface area contributed by atoms with Crippen molar-refractivity contribution in [1.82, 2.24) is 4.90 Å². The van der Waals surface area contributed by atoms with E-state index in [1.165, 1.54) is 15.3 Å². The molecule has 0 fully saturated rings. The lowest BCUT2D eigenvalue weighted by molar-refractivity contribution is 0.322. The van der Waals surface area contributed by atoms with Crippen molar-refractivity contribution in [3.05, 3.63) is 56.7 Å². The van der Waals surface area contributed by atoms with Gasteiger partial charge in [0.1, 0.15) is 0 Å². The van der Waals surface area contributed by atoms with Crippen LogP contribution in [-0.4, -0.2) is 11.9 Å². The third kappa shape index (κ3) is 3.82. The Kier molecular flexibility index (Phi) is 4.78. The van der Waals surface area contributed by atoms with E-state index in [9.17, 15) is 0 Å². The second-order valence-electron chi connectivity index (χ2n) is 4.37. The van der Waals surface area contributed by atoms with Crippen molar-refractivity contribution in [3.63, 3.8) is 0 Å². The maximum absolute atomic E-state index is 5.98. The van der Waals surface area contributed by atoms with E-state index in [1.54, 1.807) is 11.3 Å². The van der Waals surface area contributed by atoms with Crippen LogP contribution in [0.3, 0.4) is 0 Å². The fraction of sp³-hybridized carbons (Fsp3) is 0.286. The summed E-state index contributed by atoms with van der Waals surface area (Å²) in [6, 6.07) is 12.3. The zero-order valence-corrected chi connectivity index (χ0v) is 12.0. The minimum absolute atomic E-state index is 0.628. The molecule has 1 aromatic carbocycles. The van der Waals surface area contributed by atoms with Crippen molar-refractivity contribution >= 4 is 22.9 Å². The molecule has 0 radical (unpaired) electrons. The summed E-state index contributed by atoms with van der Waals surface area (Å²) >= 11 is 7.76. The molecular formula is C14H17ClN2S. The first-order valence-electron chi connectivity index (χ1n) is 5.88. The van der Waals surface area contributed by atoms with Gasteiger partial charge in [0.25, 0.3) is 0 Å². The minimum atomic E-state index is 0.628. The summed E-state index contributed by atoms with van der Waals surface area (Å²) in [6.45, 7) is 2.47. The van der Waals surface area contributed by atoms with Crippen molar-refractivity contribution in [2.75, 3.05) is 7.05 Å². The van der Waals surface area contributed by atoms with Crippen LogP contribution in [0.2, 0.25) is 5.02 Å². The van der Waals surface area contributed by atoms with E-state index in [0.717, 1.165) is 18.1 Å². The first-order chi connectivity index (χ1) is 8.67. The summed E-state index contributed by atoms with van der Waals surface area (Å²) in [5.41, 5.74) is 6.85. The Bertz CT molecular complexity index is 510. The Hall–Kier alpha value is -0.870. The molecule has 0 bridgehead atoms. The molecule has 18 heavy (non-hydrogen) atoms. The standard InChI is InChI=1S/C14H17ClN2S/c1-17(9-11-3-2-4-12(15)7-11)10-14-6-5-13(8-16)18-14/h2-7H,8-10,16H2,1H3. The highest BCUT2D eigenvalue weighted by molar-refractivity contribution is 7.11. The van der Waals surface area contributed by atoms with E-state index >= 15 is 0 Å². The molecule has 0 saturated heterocycles. The van der Waals surface area contributed by atoms with E-state index in [4.69, 9.17) is 17.3 Å². The molecule has 2 aromatic rings. The van der Waals surface area contributed by atoms with Crippen molar-refractivity contribution < 1.29 is 0 Å². The molecule has 0 aliphatic heterocycles. The van der Waals surface area contributed by atoms with Crippen LogP contribution in [0.25, 0.3) is 0 Å². The van der Waals surface area contributed by atoms with Crippen LogP contribution < -0.4 is 5.73 Å². The monoisotopic (exact) mass is 280 g/mol. The summed E-state index contributed by atoms with van der Waals surface area (Å²) in [5, 5.41) is 0.794. The number of benzene rings is 1. The van der Waals surface area contributed by atoms with Crippen LogP contribution in [0.1, 0.15) is 15.3 Å². The highest BCUT2D eigenvalue weighted by Crippen LogP contribution is 2.19. The van der Waals surface area contributed by atoms with Gasteiger partial charge in [0, 0.05) is 34.4 Å². The van der Waals surface area contributed by atoms with E-state index < -0.39 is 0 Å². The summed E-state index contributed by atoms with van der Waals surface area (Å²) < 4.78 is 0. The maximum Gasteiger partial charge on any atom is 0.0409 e. The molecule has 0 atom stereocenters. The van der Waals surface area contributed by atoms with E-state index in [0.29, 0.717) is 6.54 Å². The molecule has 0 amide bonds. The number of nitrogens with two attached hydrogens (primary N) is 1. The van der Waals surface area contributed by atoms with Gasteiger partial charge in [-0.25, -0.2) is 0 Å². The average Bonchev–Trinajstić information content (AvgIpc) is 2.76. The molecule has 4 heteroatoms. The van der Waals surface area contributed by atoms with Crippen LogP contribution in [0.5, 0.6) is 0 Å². The van der Waals surface area contributed by atoms with Crippen molar-refractivity contribution in [3.8, 4) is 0 Å². The third-order valence-electron chi connectivity index (χ3n) is 2.69. The summed E-state index contributed by atoms with van der Waals surface area (Å²) in [6.07, 6.45) is 0. The quantitative estimate of drug-likeness (QED) is 0.908. The molecule has 1 aromatic heterocycles. The van der Waals surface area contributed by atoms with Crippen LogP contribution in [0.15, 0.2) is 36.4 Å². The van der Waals surface area contributed by atoms with E-state index in [1.807, 2.05) is 18.2 Å². The zero-order chi connectivity index (χ0) is 13.0. The fourth-order valence-corrected chi connectivity index (χ4v) is 3.08. The van der Waals surface area contributed by atoms with Crippen LogP contribution in [0.4, 0.5) is 0 Å². The molecular weight excluding hydrogens is 264 g/mol. The van der Waals surface area contributed by atoms with Crippen LogP contribution in [0, 0.1) is 0 Å². The topological polar surface area (TPSA) is 29.3 Å². The maximum atomic E-state index is 5.98. The predicted octanol–water partition coefficient (Wildman–Crippen LogP) is 3.49. The molecule has 96 valence electrons. The van der Waals surface area contributed by atoms with Crippen molar-refractivity contribution in [2.24, 2.45) is 5.73 Å². The smallest absolute Gasteiger partial charge is 0.0409 e. The molecule has 2 rings (SSSR count). The van der Waals surface area contributed by atoms with Gasteiger partial charge in [0.15, 0.2) is 0 Å². The molecule has 0 aliphatic carbocycles. The second kappa shape index (κ2) is 6.34. The zero-order valence-electron chi connectivity index (χ0n) is 10.4. The fourth-order valence-electron chi connectivity index (χ4n) is 1.89. The summed E-state index contributed by atoms with van der Waals surface area (Å²) in [7, 11) is 2.11. The van der Waals surface area contributed by atoms with Crippen LogP contribution in [-0.2, 0) is 19.6 Å². The van der Waals surface area contributed by atoms with Gasteiger partial charge in [-0.15, -0.1) is 11.3 Å². The number of rotatable bonds is 5. The minimum Gasteiger partial charge on any atom is -0.326 e. The SMILES string of the molecule is CN(Cc1cccc(Cl)c1)Cc1ccc(CN)s1. The highest BCUT2D eigenvalue weighted by atomic mass is 35.5. The highest BCUT2D eigenvalue weighted by Gasteiger charge is 2.04. The third-order valence-corrected chi connectivity index (χ3v) is 4.01. The summed E-state index contributed by atoms with van der Waals surface area (Å²) in [4.78, 5) is 4.86. The Morgan fingerprint density at radius 1 is 1.17 bits per heavy atom. The molecule has 2 N–H and O–H groups in total. The van der Waals surface area contributed by atoms with Gasteiger partial charge < -0.3 is 5.73 Å². The average molecular weight is 281 g/mol. The van der Waals surface area contributed by atoms with Gasteiger partial charge in [-0.1, -0.05) is 23.7 Å². The van der Waals surface area contributed by atoms with Crippen molar-refractivity contribution in [2.45, 2.75) is 19.6 Å². The Balaban J connectivity index is 1.94.